The smallest absolute Gasteiger partial charge is 0.160 e. The van der Waals surface area contributed by atoms with E-state index in [0.717, 1.165) is 16.8 Å². The molecule has 4 heteroatoms. The lowest BCUT2D eigenvalue weighted by atomic mass is 10.1. The van der Waals surface area contributed by atoms with Crippen LogP contribution in [0.15, 0.2) is 30.5 Å². The fourth-order valence-corrected chi connectivity index (χ4v) is 2.05. The van der Waals surface area contributed by atoms with Crippen LogP contribution in [0.3, 0.4) is 0 Å². The standard InChI is InChI=1S/C14H16ClN3/c1-9(16-3)12-8-17-14(18-10(12)2)11-6-4-5-7-13(11)15/h4-9,16H,1-3H3. The van der Waals surface area contributed by atoms with Crippen molar-refractivity contribution in [1.29, 1.82) is 0 Å². The molecule has 1 aromatic carbocycles. The van der Waals surface area contributed by atoms with Gasteiger partial charge in [-0.15, -0.1) is 0 Å². The van der Waals surface area contributed by atoms with Crippen molar-refractivity contribution in [2.24, 2.45) is 0 Å². The molecule has 1 aromatic heterocycles. The normalized spacial score (nSPS) is 12.4. The second-order valence-electron chi connectivity index (χ2n) is 4.22. The molecule has 1 unspecified atom stereocenters. The van der Waals surface area contributed by atoms with Gasteiger partial charge >= 0.3 is 0 Å². The van der Waals surface area contributed by atoms with E-state index in [1.54, 1.807) is 0 Å². The predicted octanol–water partition coefficient (Wildman–Crippen LogP) is 3.39. The van der Waals surface area contributed by atoms with Gasteiger partial charge in [-0.25, -0.2) is 9.97 Å². The maximum Gasteiger partial charge on any atom is 0.160 e. The lowest BCUT2D eigenvalue weighted by Crippen LogP contribution is -2.14. The minimum absolute atomic E-state index is 0.241. The highest BCUT2D eigenvalue weighted by molar-refractivity contribution is 6.33. The maximum absolute atomic E-state index is 6.15. The maximum atomic E-state index is 6.15. The molecule has 94 valence electrons. The lowest BCUT2D eigenvalue weighted by molar-refractivity contribution is 0.641. The molecule has 0 aliphatic carbocycles. The van der Waals surface area contributed by atoms with E-state index in [1.807, 2.05) is 44.4 Å². The summed E-state index contributed by atoms with van der Waals surface area (Å²) in [6.45, 7) is 4.08. The van der Waals surface area contributed by atoms with Crippen LogP contribution in [0.25, 0.3) is 11.4 Å². The van der Waals surface area contributed by atoms with Crippen molar-refractivity contribution in [3.05, 3.63) is 46.7 Å². The second kappa shape index (κ2) is 5.46. The molecule has 0 bridgehead atoms. The minimum atomic E-state index is 0.241. The van der Waals surface area contributed by atoms with Crippen molar-refractivity contribution in [3.8, 4) is 11.4 Å². The van der Waals surface area contributed by atoms with E-state index in [0.29, 0.717) is 10.8 Å². The molecule has 0 saturated carbocycles. The van der Waals surface area contributed by atoms with Crippen LogP contribution < -0.4 is 5.32 Å². The van der Waals surface area contributed by atoms with Gasteiger partial charge in [-0.3, -0.25) is 0 Å². The third-order valence-electron chi connectivity index (χ3n) is 3.03. The number of nitrogens with zero attached hydrogens (tertiary/aromatic N) is 2. The van der Waals surface area contributed by atoms with Crippen LogP contribution >= 0.6 is 11.6 Å². The first kappa shape index (κ1) is 13.0. The molecular formula is C14H16ClN3. The van der Waals surface area contributed by atoms with Crippen molar-refractivity contribution in [3.63, 3.8) is 0 Å². The Morgan fingerprint density at radius 3 is 2.61 bits per heavy atom. The number of hydrogen-bond donors (Lipinski definition) is 1. The van der Waals surface area contributed by atoms with Gasteiger partial charge in [0.15, 0.2) is 5.82 Å². The third kappa shape index (κ3) is 2.52. The SMILES string of the molecule is CNC(C)c1cnc(-c2ccccc2Cl)nc1C. The third-order valence-corrected chi connectivity index (χ3v) is 3.36. The second-order valence-corrected chi connectivity index (χ2v) is 4.63. The summed E-state index contributed by atoms with van der Waals surface area (Å²) in [5.74, 6) is 0.671. The largest absolute Gasteiger partial charge is 0.313 e. The van der Waals surface area contributed by atoms with Gasteiger partial charge in [0.05, 0.1) is 5.02 Å². The number of aromatic nitrogens is 2. The van der Waals surface area contributed by atoms with Crippen molar-refractivity contribution >= 4 is 11.6 Å². The van der Waals surface area contributed by atoms with Gasteiger partial charge < -0.3 is 5.32 Å². The zero-order chi connectivity index (χ0) is 13.1. The number of aryl methyl sites for hydroxylation is 1. The number of halogens is 1. The molecule has 3 nitrogen and oxygen atoms in total. The van der Waals surface area contributed by atoms with Crippen LogP contribution in [0.4, 0.5) is 0 Å². The molecule has 1 heterocycles. The number of rotatable bonds is 3. The average Bonchev–Trinajstić information content (AvgIpc) is 2.38. The topological polar surface area (TPSA) is 37.8 Å². The van der Waals surface area contributed by atoms with Crippen molar-refractivity contribution in [1.82, 2.24) is 15.3 Å². The highest BCUT2D eigenvalue weighted by Crippen LogP contribution is 2.25. The van der Waals surface area contributed by atoms with E-state index in [9.17, 15) is 0 Å². The predicted molar refractivity (Wildman–Crippen MR) is 74.7 cm³/mol. The van der Waals surface area contributed by atoms with E-state index in [-0.39, 0.29) is 6.04 Å². The van der Waals surface area contributed by atoms with Gasteiger partial charge in [-0.05, 0) is 33.0 Å². The Bertz CT molecular complexity index is 554. The molecule has 0 fully saturated rings. The molecule has 18 heavy (non-hydrogen) atoms. The Morgan fingerprint density at radius 1 is 1.28 bits per heavy atom. The quantitative estimate of drug-likeness (QED) is 0.920. The van der Waals surface area contributed by atoms with E-state index < -0.39 is 0 Å². The molecular weight excluding hydrogens is 246 g/mol. The van der Waals surface area contributed by atoms with E-state index in [4.69, 9.17) is 11.6 Å². The Morgan fingerprint density at radius 2 is 2.00 bits per heavy atom. The molecule has 0 aliphatic heterocycles. The summed E-state index contributed by atoms with van der Waals surface area (Å²) in [7, 11) is 1.92. The summed E-state index contributed by atoms with van der Waals surface area (Å²) in [5.41, 5.74) is 2.95. The summed E-state index contributed by atoms with van der Waals surface area (Å²) < 4.78 is 0. The molecule has 0 spiro atoms. The summed E-state index contributed by atoms with van der Waals surface area (Å²) in [5, 5.41) is 3.86. The van der Waals surface area contributed by atoms with Gasteiger partial charge in [0, 0.05) is 29.1 Å². The van der Waals surface area contributed by atoms with Crippen molar-refractivity contribution in [2.45, 2.75) is 19.9 Å². The zero-order valence-electron chi connectivity index (χ0n) is 10.7. The van der Waals surface area contributed by atoms with E-state index in [2.05, 4.69) is 22.2 Å². The summed E-state index contributed by atoms with van der Waals surface area (Å²) in [6.07, 6.45) is 1.86. The molecule has 0 aliphatic rings. The molecule has 2 aromatic rings. The fourth-order valence-electron chi connectivity index (χ4n) is 1.83. The first-order chi connectivity index (χ1) is 8.63. The van der Waals surface area contributed by atoms with E-state index in [1.165, 1.54) is 0 Å². The minimum Gasteiger partial charge on any atom is -0.313 e. The first-order valence-electron chi connectivity index (χ1n) is 5.89. The number of hydrogen-bond acceptors (Lipinski definition) is 3. The van der Waals surface area contributed by atoms with Gasteiger partial charge in [0.1, 0.15) is 0 Å². The highest BCUT2D eigenvalue weighted by Gasteiger charge is 2.11. The van der Waals surface area contributed by atoms with Crippen LogP contribution in [0, 0.1) is 6.92 Å². The highest BCUT2D eigenvalue weighted by atomic mass is 35.5. The van der Waals surface area contributed by atoms with Crippen LogP contribution in [0.2, 0.25) is 5.02 Å². The van der Waals surface area contributed by atoms with Gasteiger partial charge in [0.2, 0.25) is 0 Å². The van der Waals surface area contributed by atoms with Crippen LogP contribution in [-0.2, 0) is 0 Å². The monoisotopic (exact) mass is 261 g/mol. The zero-order valence-corrected chi connectivity index (χ0v) is 11.5. The van der Waals surface area contributed by atoms with Crippen LogP contribution in [0.5, 0.6) is 0 Å². The lowest BCUT2D eigenvalue weighted by Gasteiger charge is -2.13. The van der Waals surface area contributed by atoms with Crippen LogP contribution in [0.1, 0.15) is 24.2 Å². The number of benzene rings is 1. The Balaban J connectivity index is 2.44. The average molecular weight is 262 g/mol. The summed E-state index contributed by atoms with van der Waals surface area (Å²) in [4.78, 5) is 8.94. The van der Waals surface area contributed by atoms with Gasteiger partial charge in [0.25, 0.3) is 0 Å². The summed E-state index contributed by atoms with van der Waals surface area (Å²) in [6, 6.07) is 7.85. The molecule has 0 radical (unpaired) electrons. The van der Waals surface area contributed by atoms with Crippen molar-refractivity contribution in [2.75, 3.05) is 7.05 Å². The molecule has 0 amide bonds. The fraction of sp³-hybridized carbons (Fsp3) is 0.286. The van der Waals surface area contributed by atoms with Crippen molar-refractivity contribution < 1.29 is 0 Å². The Kier molecular flexibility index (Phi) is 3.94. The molecule has 2 rings (SSSR count). The van der Waals surface area contributed by atoms with Gasteiger partial charge in [-0.1, -0.05) is 23.7 Å². The Hall–Kier alpha value is -1.45. The molecule has 1 atom stereocenters. The van der Waals surface area contributed by atoms with Gasteiger partial charge in [-0.2, -0.15) is 0 Å². The first-order valence-corrected chi connectivity index (χ1v) is 6.27. The number of nitrogens with one attached hydrogen (secondary N) is 1. The molecule has 0 saturated heterocycles. The van der Waals surface area contributed by atoms with E-state index >= 15 is 0 Å². The Labute approximate surface area is 112 Å². The van der Waals surface area contributed by atoms with Crippen LogP contribution in [-0.4, -0.2) is 17.0 Å². The summed E-state index contributed by atoms with van der Waals surface area (Å²) >= 11 is 6.15. The molecule has 1 N–H and O–H groups in total.